The maximum absolute atomic E-state index is 13.4. The number of nitrogen functional groups attached to an aromatic ring is 1. The summed E-state index contributed by atoms with van der Waals surface area (Å²) in [6.45, 7) is 5.81. The van der Waals surface area contributed by atoms with Gasteiger partial charge in [0.1, 0.15) is 17.8 Å². The van der Waals surface area contributed by atoms with Gasteiger partial charge in [0.25, 0.3) is 0 Å². The van der Waals surface area contributed by atoms with Crippen LogP contribution in [-0.2, 0) is 0 Å². The lowest BCUT2D eigenvalue weighted by Gasteiger charge is -2.11. The predicted molar refractivity (Wildman–Crippen MR) is 131 cm³/mol. The molecule has 8 nitrogen and oxygen atoms in total. The van der Waals surface area contributed by atoms with E-state index in [2.05, 4.69) is 20.6 Å². The van der Waals surface area contributed by atoms with Crippen LogP contribution in [0.5, 0.6) is 0 Å². The lowest BCUT2D eigenvalue weighted by atomic mass is 10.0. The molecule has 4 aromatic rings. The monoisotopic (exact) mass is 462 g/mol. The molecule has 0 saturated carbocycles. The molecular weight excluding hydrogens is 440 g/mol. The molecule has 0 spiro atoms. The number of urea groups is 1. The molecule has 0 aliphatic rings. The Kier molecular flexibility index (Phi) is 6.02. The summed E-state index contributed by atoms with van der Waals surface area (Å²) < 4.78 is 1.89. The van der Waals surface area contributed by atoms with E-state index in [1.165, 1.54) is 6.33 Å². The van der Waals surface area contributed by atoms with Crippen LogP contribution in [-0.4, -0.2) is 26.3 Å². The van der Waals surface area contributed by atoms with E-state index in [-0.39, 0.29) is 17.6 Å². The molecule has 0 bridgehead atoms. The molecule has 0 aliphatic heterocycles. The number of nitrogens with one attached hydrogen (secondary N) is 2. The standard InChI is InChI=1S/C24H23ClN6O2/c1-13(2)31-11-17(20-22(26)27-12-28-23(20)31)21(32)15-6-4-7-16(10-15)29-24(33)30-19-9-5-8-18(25)14(19)3/h4-13H,1-3H3,(H2,26,27,28)(H2,29,30,33). The topological polar surface area (TPSA) is 115 Å². The van der Waals surface area contributed by atoms with Crippen LogP contribution in [0, 0.1) is 6.92 Å². The van der Waals surface area contributed by atoms with Gasteiger partial charge in [-0.25, -0.2) is 14.8 Å². The Morgan fingerprint density at radius 2 is 1.85 bits per heavy atom. The van der Waals surface area contributed by atoms with Gasteiger partial charge in [-0.1, -0.05) is 29.8 Å². The highest BCUT2D eigenvalue weighted by molar-refractivity contribution is 6.31. The number of benzene rings is 2. The second kappa shape index (κ2) is 8.91. The van der Waals surface area contributed by atoms with Crippen molar-refractivity contribution in [2.75, 3.05) is 16.4 Å². The Morgan fingerprint density at radius 1 is 1.09 bits per heavy atom. The summed E-state index contributed by atoms with van der Waals surface area (Å²) in [4.78, 5) is 34.3. The molecule has 168 valence electrons. The largest absolute Gasteiger partial charge is 0.383 e. The molecule has 0 unspecified atom stereocenters. The van der Waals surface area contributed by atoms with Gasteiger partial charge in [0.15, 0.2) is 5.78 Å². The summed E-state index contributed by atoms with van der Waals surface area (Å²) in [5.74, 6) is 0.00365. The maximum Gasteiger partial charge on any atom is 0.323 e. The van der Waals surface area contributed by atoms with Gasteiger partial charge in [0.05, 0.1) is 10.9 Å². The van der Waals surface area contributed by atoms with Crippen molar-refractivity contribution in [2.45, 2.75) is 26.8 Å². The van der Waals surface area contributed by atoms with Gasteiger partial charge < -0.3 is 20.9 Å². The highest BCUT2D eigenvalue weighted by Crippen LogP contribution is 2.29. The summed E-state index contributed by atoms with van der Waals surface area (Å²) in [6.07, 6.45) is 3.13. The van der Waals surface area contributed by atoms with Crippen LogP contribution in [0.1, 0.15) is 41.4 Å². The molecule has 4 N–H and O–H groups in total. The highest BCUT2D eigenvalue weighted by Gasteiger charge is 2.21. The summed E-state index contributed by atoms with van der Waals surface area (Å²) in [6, 6.07) is 11.6. The van der Waals surface area contributed by atoms with E-state index < -0.39 is 6.03 Å². The molecule has 0 fully saturated rings. The van der Waals surface area contributed by atoms with Crippen LogP contribution < -0.4 is 16.4 Å². The first-order chi connectivity index (χ1) is 15.8. The van der Waals surface area contributed by atoms with Crippen molar-refractivity contribution >= 4 is 51.6 Å². The van der Waals surface area contributed by atoms with Gasteiger partial charge in [-0.3, -0.25) is 4.79 Å². The zero-order valence-corrected chi connectivity index (χ0v) is 19.1. The van der Waals surface area contributed by atoms with E-state index >= 15 is 0 Å². The maximum atomic E-state index is 13.4. The van der Waals surface area contributed by atoms with Crippen molar-refractivity contribution in [2.24, 2.45) is 0 Å². The van der Waals surface area contributed by atoms with Gasteiger partial charge in [0.2, 0.25) is 0 Å². The lowest BCUT2D eigenvalue weighted by Crippen LogP contribution is -2.20. The number of carbonyl (C=O) groups is 2. The van der Waals surface area contributed by atoms with Crippen LogP contribution in [0.4, 0.5) is 22.0 Å². The minimum absolute atomic E-state index is 0.0787. The number of nitrogens with zero attached hydrogens (tertiary/aromatic N) is 3. The molecule has 0 radical (unpaired) electrons. The zero-order chi connectivity index (χ0) is 23.7. The van der Waals surface area contributed by atoms with E-state index in [1.807, 2.05) is 25.3 Å². The van der Waals surface area contributed by atoms with E-state index in [0.717, 1.165) is 5.56 Å². The third-order valence-electron chi connectivity index (χ3n) is 5.34. The minimum atomic E-state index is -0.445. The smallest absolute Gasteiger partial charge is 0.323 e. The number of carbonyl (C=O) groups excluding carboxylic acids is 2. The first-order valence-corrected chi connectivity index (χ1v) is 10.7. The molecule has 0 saturated heterocycles. The molecule has 4 rings (SSSR count). The Labute approximate surface area is 195 Å². The van der Waals surface area contributed by atoms with E-state index in [0.29, 0.717) is 38.6 Å². The number of ketones is 1. The zero-order valence-electron chi connectivity index (χ0n) is 18.4. The first kappa shape index (κ1) is 22.3. The van der Waals surface area contributed by atoms with Crippen molar-refractivity contribution in [3.63, 3.8) is 0 Å². The number of amides is 2. The Balaban J connectivity index is 1.61. The van der Waals surface area contributed by atoms with Gasteiger partial charge in [-0.2, -0.15) is 0 Å². The van der Waals surface area contributed by atoms with Gasteiger partial charge in [-0.05, 0) is 50.6 Å². The van der Waals surface area contributed by atoms with Crippen molar-refractivity contribution in [3.8, 4) is 0 Å². The van der Waals surface area contributed by atoms with Gasteiger partial charge >= 0.3 is 6.03 Å². The Bertz CT molecular complexity index is 1380. The number of nitrogens with two attached hydrogens (primary N) is 1. The van der Waals surface area contributed by atoms with E-state index in [1.54, 1.807) is 48.7 Å². The second-order valence-electron chi connectivity index (χ2n) is 7.90. The number of hydrogen-bond donors (Lipinski definition) is 3. The van der Waals surface area contributed by atoms with Crippen LogP contribution >= 0.6 is 11.6 Å². The molecule has 0 atom stereocenters. The molecule has 0 aliphatic carbocycles. The fourth-order valence-electron chi connectivity index (χ4n) is 3.60. The third-order valence-corrected chi connectivity index (χ3v) is 5.75. The highest BCUT2D eigenvalue weighted by atomic mass is 35.5. The van der Waals surface area contributed by atoms with E-state index in [9.17, 15) is 9.59 Å². The SMILES string of the molecule is Cc1c(Cl)cccc1NC(=O)Nc1cccc(C(=O)c2cn(C(C)C)c3ncnc(N)c23)c1. The molecule has 2 amide bonds. The molecule has 33 heavy (non-hydrogen) atoms. The Hall–Kier alpha value is -3.91. The van der Waals surface area contributed by atoms with Crippen LogP contribution in [0.25, 0.3) is 11.0 Å². The first-order valence-electron chi connectivity index (χ1n) is 10.3. The van der Waals surface area contributed by atoms with E-state index in [4.69, 9.17) is 17.3 Å². The molecular formula is C24H23ClN6O2. The van der Waals surface area contributed by atoms with Crippen molar-refractivity contribution < 1.29 is 9.59 Å². The number of aromatic nitrogens is 3. The number of rotatable bonds is 5. The van der Waals surface area contributed by atoms with Gasteiger partial charge in [0, 0.05) is 34.2 Å². The average Bonchev–Trinajstić information content (AvgIpc) is 3.18. The molecule has 2 heterocycles. The quantitative estimate of drug-likeness (QED) is 0.342. The number of hydrogen-bond acceptors (Lipinski definition) is 5. The Morgan fingerprint density at radius 3 is 2.61 bits per heavy atom. The minimum Gasteiger partial charge on any atom is -0.383 e. The van der Waals surface area contributed by atoms with Crippen molar-refractivity contribution in [1.29, 1.82) is 0 Å². The number of fused-ring (bicyclic) bond motifs is 1. The average molecular weight is 463 g/mol. The third kappa shape index (κ3) is 4.38. The molecule has 9 heteroatoms. The summed E-state index contributed by atoms with van der Waals surface area (Å²) >= 11 is 6.12. The predicted octanol–water partition coefficient (Wildman–Crippen LogP) is 5.43. The number of halogens is 1. The van der Waals surface area contributed by atoms with Crippen LogP contribution in [0.3, 0.4) is 0 Å². The van der Waals surface area contributed by atoms with Gasteiger partial charge in [-0.15, -0.1) is 0 Å². The fourth-order valence-corrected chi connectivity index (χ4v) is 3.77. The number of anilines is 3. The summed E-state index contributed by atoms with van der Waals surface area (Å²) in [5.41, 5.74) is 9.33. The molecule has 2 aromatic heterocycles. The summed E-state index contributed by atoms with van der Waals surface area (Å²) in [5, 5.41) is 6.60. The second-order valence-corrected chi connectivity index (χ2v) is 8.31. The summed E-state index contributed by atoms with van der Waals surface area (Å²) in [7, 11) is 0. The lowest BCUT2D eigenvalue weighted by molar-refractivity contribution is 0.104. The molecule has 2 aromatic carbocycles. The normalized spacial score (nSPS) is 11.1. The van der Waals surface area contributed by atoms with Crippen molar-refractivity contribution in [1.82, 2.24) is 14.5 Å². The fraction of sp³-hybridized carbons (Fsp3) is 0.167. The van der Waals surface area contributed by atoms with Crippen LogP contribution in [0.2, 0.25) is 5.02 Å². The van der Waals surface area contributed by atoms with Crippen LogP contribution in [0.15, 0.2) is 55.0 Å². The van der Waals surface area contributed by atoms with Crippen molar-refractivity contribution in [3.05, 3.63) is 76.7 Å².